The van der Waals surface area contributed by atoms with E-state index in [1.807, 2.05) is 0 Å². The Morgan fingerprint density at radius 1 is 1.71 bits per heavy atom. The highest BCUT2D eigenvalue weighted by Crippen LogP contribution is 1.79. The Bertz CT molecular complexity index is 105. The molecule has 0 aliphatic rings. The van der Waals surface area contributed by atoms with Crippen molar-refractivity contribution in [2.24, 2.45) is 0 Å². The Morgan fingerprint density at radius 2 is 2.29 bits per heavy atom. The molecular weight excluding hydrogens is 112 g/mol. The summed E-state index contributed by atoms with van der Waals surface area (Å²) in [5, 5.41) is 0. The third kappa shape index (κ3) is 3.27. The molecule has 0 fully saturated rings. The lowest BCUT2D eigenvalue weighted by molar-refractivity contribution is -0.110. The van der Waals surface area contributed by atoms with Gasteiger partial charge in [0.15, 0.2) is 5.78 Å². The quantitative estimate of drug-likeness (QED) is 0.500. The summed E-state index contributed by atoms with van der Waals surface area (Å²) in [5.41, 5.74) is 1.16. The summed E-state index contributed by atoms with van der Waals surface area (Å²) in [6.07, 6.45) is 2.42. The van der Waals surface area contributed by atoms with Crippen molar-refractivity contribution in [3.05, 3.63) is 24.3 Å². The number of halogens is 1. The molecule has 0 saturated heterocycles. The molecule has 0 heterocycles. The van der Waals surface area contributed by atoms with Crippen molar-refractivity contribution in [3.8, 4) is 0 Å². The monoisotopic (exact) mass is 116 g/mol. The van der Waals surface area contributed by atoms with Gasteiger partial charge in [-0.3, -0.25) is 4.79 Å². The number of hydrogen-bond donors (Lipinski definition) is 0. The van der Waals surface area contributed by atoms with E-state index in [1.165, 1.54) is 12.2 Å². The Balaban J connectivity index is 3.58. The fourth-order valence-corrected chi connectivity index (χ4v) is 0.254. The van der Waals surface area contributed by atoms with E-state index in [0.717, 1.165) is 5.54 Å². The summed E-state index contributed by atoms with van der Waals surface area (Å²) in [4.78, 5) is 10.1. The van der Waals surface area contributed by atoms with Gasteiger partial charge < -0.3 is 0 Å². The van der Waals surface area contributed by atoms with E-state index < -0.39 is 0 Å². The molecule has 0 aliphatic heterocycles. The molecule has 1 nitrogen and oxygen atoms in total. The maximum Gasteiger partial charge on any atom is 0.178 e. The summed E-state index contributed by atoms with van der Waals surface area (Å²) < 4.78 is 0. The third-order valence-electron chi connectivity index (χ3n) is 0.428. The molecule has 38 valence electrons. The van der Waals surface area contributed by atoms with E-state index in [-0.39, 0.29) is 5.78 Å². The van der Waals surface area contributed by atoms with Crippen LogP contribution in [0, 0.1) is 0 Å². The predicted molar refractivity (Wildman–Crippen MR) is 30.2 cm³/mol. The normalized spacial score (nSPS) is 9.29. The van der Waals surface area contributed by atoms with Crippen LogP contribution in [0.3, 0.4) is 0 Å². The number of carbonyl (C=O) groups excluding carboxylic acids is 1. The molecule has 0 aliphatic carbocycles. The van der Waals surface area contributed by atoms with Gasteiger partial charge in [0.2, 0.25) is 0 Å². The second-order valence-corrected chi connectivity index (χ2v) is 1.15. The largest absolute Gasteiger partial charge is 0.290 e. The first-order valence-corrected chi connectivity index (χ1v) is 2.18. The molecule has 0 aromatic carbocycles. The summed E-state index contributed by atoms with van der Waals surface area (Å²) in [6, 6.07) is 0. The number of carbonyl (C=O) groups is 1. The number of hydrogen-bond acceptors (Lipinski definition) is 1. The molecule has 7 heavy (non-hydrogen) atoms. The van der Waals surface area contributed by atoms with Gasteiger partial charge in [0.05, 0.1) is 0 Å². The van der Waals surface area contributed by atoms with Gasteiger partial charge in [-0.15, -0.1) is 0 Å². The minimum atomic E-state index is -0.171. The van der Waals surface area contributed by atoms with Crippen LogP contribution in [0.4, 0.5) is 0 Å². The van der Waals surface area contributed by atoms with Gasteiger partial charge in [0, 0.05) is 5.54 Å². The van der Waals surface area contributed by atoms with Crippen LogP contribution in [-0.4, -0.2) is 5.78 Å². The molecule has 0 saturated carbocycles. The average Bonchev–Trinajstić information content (AvgIpc) is 1.68. The van der Waals surface area contributed by atoms with Gasteiger partial charge in [0.1, 0.15) is 0 Å². The second-order valence-electron chi connectivity index (χ2n) is 0.899. The Morgan fingerprint density at radius 3 is 2.43 bits per heavy atom. The van der Waals surface area contributed by atoms with Crippen LogP contribution >= 0.6 is 11.6 Å². The second kappa shape index (κ2) is 3.62. The van der Waals surface area contributed by atoms with Crippen LogP contribution in [0.1, 0.15) is 0 Å². The molecule has 0 spiro atoms. The molecule has 0 atom stereocenters. The fraction of sp³-hybridized carbons (Fsp3) is 0. The Kier molecular flexibility index (Phi) is 3.33. The van der Waals surface area contributed by atoms with Crippen LogP contribution in [0.2, 0.25) is 0 Å². The molecule has 0 N–H and O–H groups in total. The molecule has 0 aromatic heterocycles. The molecule has 0 bridgehead atoms. The van der Waals surface area contributed by atoms with Gasteiger partial charge >= 0.3 is 0 Å². The zero-order valence-electron chi connectivity index (χ0n) is 3.73. The molecule has 0 amide bonds. The zero-order valence-corrected chi connectivity index (χ0v) is 4.48. The lowest BCUT2D eigenvalue weighted by Crippen LogP contribution is -1.79. The van der Waals surface area contributed by atoms with Crippen molar-refractivity contribution in [3.63, 3.8) is 0 Å². The highest BCUT2D eigenvalue weighted by molar-refractivity contribution is 6.27. The summed E-state index contributed by atoms with van der Waals surface area (Å²) in [6.45, 7) is 3.22. The fourth-order valence-electron chi connectivity index (χ4n) is 0.130. The minimum Gasteiger partial charge on any atom is -0.290 e. The first-order chi connectivity index (χ1) is 3.31. The topological polar surface area (TPSA) is 17.1 Å². The maximum atomic E-state index is 10.1. The first-order valence-electron chi connectivity index (χ1n) is 1.74. The Hall–Kier alpha value is -0.560. The van der Waals surface area contributed by atoms with Crippen molar-refractivity contribution in [1.82, 2.24) is 0 Å². The first kappa shape index (κ1) is 6.44. The zero-order chi connectivity index (χ0) is 5.70. The highest BCUT2D eigenvalue weighted by atomic mass is 35.5. The number of rotatable bonds is 2. The summed E-state index contributed by atoms with van der Waals surface area (Å²) in [5.74, 6) is -0.171. The third-order valence-corrected chi connectivity index (χ3v) is 0.554. The van der Waals surface area contributed by atoms with Gasteiger partial charge in [-0.2, -0.15) is 0 Å². The summed E-state index contributed by atoms with van der Waals surface area (Å²) in [7, 11) is 0. The maximum absolute atomic E-state index is 10.1. The standard InChI is InChI=1S/C5H5ClO/c1-2-5(7)3-4-6/h2-4H,1H2/b4-3+. The predicted octanol–water partition coefficient (Wildman–Crippen LogP) is 1.49. The van der Waals surface area contributed by atoms with Gasteiger partial charge in [-0.25, -0.2) is 0 Å². The number of ketones is 1. The van der Waals surface area contributed by atoms with Crippen molar-refractivity contribution >= 4 is 17.4 Å². The van der Waals surface area contributed by atoms with Gasteiger partial charge in [-0.05, 0) is 12.2 Å². The van der Waals surface area contributed by atoms with Crippen LogP contribution in [0.15, 0.2) is 24.3 Å². The molecule has 0 radical (unpaired) electrons. The van der Waals surface area contributed by atoms with Crippen LogP contribution in [0.25, 0.3) is 0 Å². The van der Waals surface area contributed by atoms with E-state index in [4.69, 9.17) is 11.6 Å². The summed E-state index contributed by atoms with van der Waals surface area (Å²) >= 11 is 5.03. The Labute approximate surface area is 47.3 Å². The SMILES string of the molecule is C=CC(=O)/C=C/Cl. The van der Waals surface area contributed by atoms with E-state index in [0.29, 0.717) is 0 Å². The van der Waals surface area contributed by atoms with E-state index in [2.05, 4.69) is 6.58 Å². The van der Waals surface area contributed by atoms with Crippen molar-refractivity contribution in [1.29, 1.82) is 0 Å². The average molecular weight is 117 g/mol. The van der Waals surface area contributed by atoms with Crippen molar-refractivity contribution in [2.45, 2.75) is 0 Å². The van der Waals surface area contributed by atoms with Crippen molar-refractivity contribution < 1.29 is 4.79 Å². The molecule has 0 aromatic rings. The smallest absolute Gasteiger partial charge is 0.178 e. The van der Waals surface area contributed by atoms with Gasteiger partial charge in [-0.1, -0.05) is 18.2 Å². The molecule has 0 unspecified atom stereocenters. The number of allylic oxidation sites excluding steroid dienone is 2. The van der Waals surface area contributed by atoms with Crippen molar-refractivity contribution in [2.75, 3.05) is 0 Å². The highest BCUT2D eigenvalue weighted by Gasteiger charge is 1.79. The van der Waals surface area contributed by atoms with E-state index in [9.17, 15) is 4.79 Å². The lowest BCUT2D eigenvalue weighted by atomic mass is 10.4. The minimum absolute atomic E-state index is 0.171. The van der Waals surface area contributed by atoms with Crippen LogP contribution in [-0.2, 0) is 4.79 Å². The van der Waals surface area contributed by atoms with E-state index >= 15 is 0 Å². The molecular formula is C5H5ClO. The lowest BCUT2D eigenvalue weighted by Gasteiger charge is -1.70. The van der Waals surface area contributed by atoms with Crippen LogP contribution in [0.5, 0.6) is 0 Å². The van der Waals surface area contributed by atoms with Crippen LogP contribution < -0.4 is 0 Å². The molecule has 0 rings (SSSR count). The van der Waals surface area contributed by atoms with Gasteiger partial charge in [0.25, 0.3) is 0 Å². The van der Waals surface area contributed by atoms with E-state index in [1.54, 1.807) is 0 Å². The molecule has 2 heteroatoms.